The minimum atomic E-state index is -0.591. The van der Waals surface area contributed by atoms with E-state index in [1.807, 2.05) is 6.92 Å². The van der Waals surface area contributed by atoms with Crippen LogP contribution in [0.3, 0.4) is 0 Å². The zero-order valence-corrected chi connectivity index (χ0v) is 10.4. The number of carbonyl (C=O) groups excluding carboxylic acids is 1. The number of nitrogens with zero attached hydrogens (tertiary/aromatic N) is 3. The van der Waals surface area contributed by atoms with Crippen molar-refractivity contribution in [1.82, 2.24) is 14.8 Å². The number of esters is 1. The second-order valence-electron chi connectivity index (χ2n) is 3.72. The SMILES string of the molecule is CCOC(=O)c1nc(-c2cnn(C)c2C)oc1N. The van der Waals surface area contributed by atoms with E-state index < -0.39 is 5.97 Å². The van der Waals surface area contributed by atoms with Gasteiger partial charge in [-0.3, -0.25) is 4.68 Å². The summed E-state index contributed by atoms with van der Waals surface area (Å²) >= 11 is 0. The highest BCUT2D eigenvalue weighted by molar-refractivity contribution is 5.92. The number of nitrogen functional groups attached to an aromatic ring is 1. The molecule has 7 nitrogen and oxygen atoms in total. The number of rotatable bonds is 3. The normalized spacial score (nSPS) is 10.6. The van der Waals surface area contributed by atoms with Crippen LogP contribution >= 0.6 is 0 Å². The molecule has 0 aliphatic carbocycles. The van der Waals surface area contributed by atoms with Gasteiger partial charge < -0.3 is 14.9 Å². The molecule has 0 radical (unpaired) electrons. The lowest BCUT2D eigenvalue weighted by Gasteiger charge is -1.96. The Labute approximate surface area is 104 Å². The van der Waals surface area contributed by atoms with Crippen molar-refractivity contribution >= 4 is 11.9 Å². The molecule has 0 amide bonds. The summed E-state index contributed by atoms with van der Waals surface area (Å²) in [6, 6.07) is 0. The molecule has 0 saturated heterocycles. The Balaban J connectivity index is 2.40. The summed E-state index contributed by atoms with van der Waals surface area (Å²) in [5, 5.41) is 4.07. The molecule has 0 unspecified atom stereocenters. The standard InChI is InChI=1S/C11H14N4O3/c1-4-17-11(16)8-9(12)18-10(14-8)7-5-13-15(3)6(7)2/h5H,4,12H2,1-3H3. The minimum absolute atomic E-state index is 0.00453. The molecule has 2 rings (SSSR count). The van der Waals surface area contributed by atoms with Crippen LogP contribution in [0.4, 0.5) is 5.88 Å². The fourth-order valence-electron chi connectivity index (χ4n) is 1.50. The fourth-order valence-corrected chi connectivity index (χ4v) is 1.50. The van der Waals surface area contributed by atoms with Crippen molar-refractivity contribution in [3.05, 3.63) is 17.6 Å². The third-order valence-electron chi connectivity index (χ3n) is 2.59. The van der Waals surface area contributed by atoms with Crippen LogP contribution in [0.5, 0.6) is 0 Å². The van der Waals surface area contributed by atoms with Gasteiger partial charge in [-0.05, 0) is 13.8 Å². The monoisotopic (exact) mass is 250 g/mol. The highest BCUT2D eigenvalue weighted by Gasteiger charge is 2.21. The Morgan fingerprint density at radius 2 is 2.33 bits per heavy atom. The highest BCUT2D eigenvalue weighted by Crippen LogP contribution is 2.26. The summed E-state index contributed by atoms with van der Waals surface area (Å²) in [4.78, 5) is 15.6. The number of anilines is 1. The van der Waals surface area contributed by atoms with Crippen molar-refractivity contribution in [1.29, 1.82) is 0 Å². The molecule has 2 N–H and O–H groups in total. The number of hydrogen-bond donors (Lipinski definition) is 1. The first-order valence-corrected chi connectivity index (χ1v) is 5.47. The van der Waals surface area contributed by atoms with Crippen LogP contribution in [0.1, 0.15) is 23.1 Å². The Morgan fingerprint density at radius 3 is 2.89 bits per heavy atom. The summed E-state index contributed by atoms with van der Waals surface area (Å²) in [5.41, 5.74) is 7.17. The quantitative estimate of drug-likeness (QED) is 0.820. The van der Waals surface area contributed by atoms with E-state index >= 15 is 0 Å². The lowest BCUT2D eigenvalue weighted by Crippen LogP contribution is -2.07. The van der Waals surface area contributed by atoms with Crippen molar-refractivity contribution in [3.8, 4) is 11.5 Å². The molecule has 0 bridgehead atoms. The number of hydrogen-bond acceptors (Lipinski definition) is 6. The zero-order chi connectivity index (χ0) is 13.3. The number of aromatic nitrogens is 3. The van der Waals surface area contributed by atoms with E-state index in [-0.39, 0.29) is 24.1 Å². The van der Waals surface area contributed by atoms with Crippen LogP contribution < -0.4 is 5.73 Å². The average Bonchev–Trinajstić information content (AvgIpc) is 2.85. The van der Waals surface area contributed by atoms with Gasteiger partial charge in [0, 0.05) is 12.7 Å². The van der Waals surface area contributed by atoms with E-state index in [0.717, 1.165) is 5.69 Å². The summed E-state index contributed by atoms with van der Waals surface area (Å²) in [6.07, 6.45) is 1.61. The number of oxazole rings is 1. The molecule has 96 valence electrons. The van der Waals surface area contributed by atoms with Crippen molar-refractivity contribution in [2.24, 2.45) is 7.05 Å². The van der Waals surface area contributed by atoms with Gasteiger partial charge in [-0.1, -0.05) is 0 Å². The van der Waals surface area contributed by atoms with Crippen molar-refractivity contribution < 1.29 is 13.9 Å². The maximum absolute atomic E-state index is 11.6. The van der Waals surface area contributed by atoms with Crippen molar-refractivity contribution in [2.75, 3.05) is 12.3 Å². The molecular formula is C11H14N4O3. The van der Waals surface area contributed by atoms with Crippen LogP contribution in [0.25, 0.3) is 11.5 Å². The van der Waals surface area contributed by atoms with Crippen molar-refractivity contribution in [2.45, 2.75) is 13.8 Å². The van der Waals surface area contributed by atoms with E-state index in [2.05, 4.69) is 10.1 Å². The molecule has 0 spiro atoms. The van der Waals surface area contributed by atoms with E-state index in [1.54, 1.807) is 24.9 Å². The van der Waals surface area contributed by atoms with Crippen LogP contribution in [-0.4, -0.2) is 27.3 Å². The molecule has 2 heterocycles. The maximum atomic E-state index is 11.6. The van der Waals surface area contributed by atoms with E-state index in [9.17, 15) is 4.79 Å². The topological polar surface area (TPSA) is 96.2 Å². The highest BCUT2D eigenvalue weighted by atomic mass is 16.5. The van der Waals surface area contributed by atoms with Gasteiger partial charge in [0.15, 0.2) is 0 Å². The molecule has 0 saturated carbocycles. The molecule has 2 aromatic heterocycles. The first-order chi connectivity index (χ1) is 8.54. The van der Waals surface area contributed by atoms with Crippen LogP contribution in [0.2, 0.25) is 0 Å². The van der Waals surface area contributed by atoms with Crippen LogP contribution in [0, 0.1) is 6.92 Å². The van der Waals surface area contributed by atoms with Gasteiger partial charge in [-0.25, -0.2) is 4.79 Å². The van der Waals surface area contributed by atoms with E-state index in [0.29, 0.717) is 5.56 Å². The van der Waals surface area contributed by atoms with Gasteiger partial charge in [0.05, 0.1) is 18.4 Å². The smallest absolute Gasteiger partial charge is 0.362 e. The first-order valence-electron chi connectivity index (χ1n) is 5.47. The number of aryl methyl sites for hydroxylation is 1. The molecule has 7 heteroatoms. The van der Waals surface area contributed by atoms with Gasteiger partial charge in [-0.15, -0.1) is 0 Å². The second-order valence-corrected chi connectivity index (χ2v) is 3.72. The zero-order valence-electron chi connectivity index (χ0n) is 10.4. The molecule has 0 aliphatic heterocycles. The lowest BCUT2D eigenvalue weighted by atomic mass is 10.2. The number of nitrogens with two attached hydrogens (primary N) is 1. The van der Waals surface area contributed by atoms with Gasteiger partial charge in [0.25, 0.3) is 0 Å². The third kappa shape index (κ3) is 1.94. The molecular weight excluding hydrogens is 236 g/mol. The Morgan fingerprint density at radius 1 is 1.61 bits per heavy atom. The van der Waals surface area contributed by atoms with Crippen molar-refractivity contribution in [3.63, 3.8) is 0 Å². The minimum Gasteiger partial charge on any atom is -0.461 e. The summed E-state index contributed by atoms with van der Waals surface area (Å²) in [7, 11) is 1.80. The van der Waals surface area contributed by atoms with Gasteiger partial charge in [-0.2, -0.15) is 10.1 Å². The van der Waals surface area contributed by atoms with Gasteiger partial charge in [0.2, 0.25) is 17.5 Å². The van der Waals surface area contributed by atoms with Crippen LogP contribution in [0.15, 0.2) is 10.6 Å². The van der Waals surface area contributed by atoms with E-state index in [4.69, 9.17) is 14.9 Å². The maximum Gasteiger partial charge on any atom is 0.362 e. The molecule has 0 atom stereocenters. The molecule has 0 aromatic carbocycles. The van der Waals surface area contributed by atoms with Gasteiger partial charge >= 0.3 is 5.97 Å². The number of ether oxygens (including phenoxy) is 1. The molecule has 0 aliphatic rings. The van der Waals surface area contributed by atoms with Gasteiger partial charge in [0.1, 0.15) is 0 Å². The Hall–Kier alpha value is -2.31. The first kappa shape index (κ1) is 12.2. The average molecular weight is 250 g/mol. The lowest BCUT2D eigenvalue weighted by molar-refractivity contribution is 0.0521. The molecule has 18 heavy (non-hydrogen) atoms. The summed E-state index contributed by atoms with van der Waals surface area (Å²) < 4.78 is 11.8. The summed E-state index contributed by atoms with van der Waals surface area (Å²) in [6.45, 7) is 3.83. The van der Waals surface area contributed by atoms with Crippen LogP contribution in [-0.2, 0) is 11.8 Å². The fraction of sp³-hybridized carbons (Fsp3) is 0.364. The molecule has 2 aromatic rings. The predicted molar refractivity (Wildman–Crippen MR) is 63.8 cm³/mol. The molecule has 0 fully saturated rings. The number of carbonyl (C=O) groups is 1. The Bertz CT molecular complexity index is 585. The second kappa shape index (κ2) is 4.52. The Kier molecular flexibility index (Phi) is 3.05. The van der Waals surface area contributed by atoms with E-state index in [1.165, 1.54) is 0 Å². The summed E-state index contributed by atoms with van der Waals surface area (Å²) in [5.74, 6) is -0.376. The third-order valence-corrected chi connectivity index (χ3v) is 2.59. The largest absolute Gasteiger partial charge is 0.461 e. The predicted octanol–water partition coefficient (Wildman–Crippen LogP) is 1.14.